The molecule has 3 saturated carbocycles. The highest BCUT2D eigenvalue weighted by atomic mass is 16.7. The van der Waals surface area contributed by atoms with E-state index in [1.807, 2.05) is 0 Å². The van der Waals surface area contributed by atoms with Crippen LogP contribution in [0.1, 0.15) is 66.2 Å². The van der Waals surface area contributed by atoms with Gasteiger partial charge in [0, 0.05) is 31.8 Å². The van der Waals surface area contributed by atoms with Gasteiger partial charge >= 0.3 is 5.97 Å². The van der Waals surface area contributed by atoms with Crippen molar-refractivity contribution in [1.29, 1.82) is 0 Å². The summed E-state index contributed by atoms with van der Waals surface area (Å²) in [6, 6.07) is 0. The molecule has 1 aliphatic heterocycles. The monoisotopic (exact) mass is 474 g/mol. The van der Waals surface area contributed by atoms with Crippen LogP contribution in [-0.2, 0) is 28.5 Å². The van der Waals surface area contributed by atoms with E-state index in [-0.39, 0.29) is 42.1 Å². The molecule has 0 N–H and O–H groups in total. The summed E-state index contributed by atoms with van der Waals surface area (Å²) in [7, 11) is 1.64. The fourth-order valence-corrected chi connectivity index (χ4v) is 8.44. The van der Waals surface area contributed by atoms with Crippen molar-refractivity contribution in [2.45, 2.75) is 84.7 Å². The molecule has 190 valence electrons. The van der Waals surface area contributed by atoms with E-state index in [0.717, 1.165) is 19.3 Å². The van der Waals surface area contributed by atoms with E-state index < -0.39 is 0 Å². The Morgan fingerprint density at radius 1 is 1.15 bits per heavy atom. The fourth-order valence-electron chi connectivity index (χ4n) is 8.44. The summed E-state index contributed by atoms with van der Waals surface area (Å²) in [5, 5.41) is 0. The van der Waals surface area contributed by atoms with Crippen molar-refractivity contribution in [2.24, 2.45) is 34.5 Å². The van der Waals surface area contributed by atoms with Crippen LogP contribution in [0.5, 0.6) is 0 Å². The first-order valence-electron chi connectivity index (χ1n) is 13.2. The highest BCUT2D eigenvalue weighted by Crippen LogP contribution is 2.66. The van der Waals surface area contributed by atoms with Crippen molar-refractivity contribution < 1.29 is 28.5 Å². The quantitative estimate of drug-likeness (QED) is 0.398. The van der Waals surface area contributed by atoms with Gasteiger partial charge in [0.2, 0.25) is 0 Å². The van der Waals surface area contributed by atoms with Gasteiger partial charge < -0.3 is 23.7 Å². The minimum atomic E-state index is -0.207. The first-order chi connectivity index (χ1) is 16.3. The van der Waals surface area contributed by atoms with Crippen LogP contribution >= 0.6 is 0 Å². The van der Waals surface area contributed by atoms with Crippen LogP contribution in [0.15, 0.2) is 23.3 Å². The van der Waals surface area contributed by atoms with Crippen LogP contribution in [0.4, 0.5) is 0 Å². The van der Waals surface area contributed by atoms with Gasteiger partial charge in [0.1, 0.15) is 12.9 Å². The molecule has 4 aliphatic carbocycles. The zero-order valence-corrected chi connectivity index (χ0v) is 21.5. The average molecular weight is 475 g/mol. The van der Waals surface area contributed by atoms with E-state index >= 15 is 0 Å². The number of fused-ring (bicyclic) bond motifs is 5. The summed E-state index contributed by atoms with van der Waals surface area (Å²) in [5.41, 5.74) is 3.02. The maximum atomic E-state index is 12.1. The summed E-state index contributed by atoms with van der Waals surface area (Å²) in [5.74, 6) is 1.77. The molecule has 0 aromatic heterocycles. The number of allylic oxidation sites excluding steroid dienone is 3. The second kappa shape index (κ2) is 9.34. The van der Waals surface area contributed by atoms with Crippen molar-refractivity contribution >= 4 is 5.97 Å². The highest BCUT2D eigenvalue weighted by Gasteiger charge is 2.60. The molecule has 6 nitrogen and oxygen atoms in total. The van der Waals surface area contributed by atoms with E-state index in [1.165, 1.54) is 31.8 Å². The first kappa shape index (κ1) is 24.5. The molecule has 1 heterocycles. The van der Waals surface area contributed by atoms with Gasteiger partial charge in [-0.05, 0) is 55.3 Å². The normalized spacial score (nSPS) is 42.8. The molecule has 0 spiro atoms. The molecule has 1 saturated heterocycles. The van der Waals surface area contributed by atoms with Gasteiger partial charge in [-0.2, -0.15) is 0 Å². The van der Waals surface area contributed by atoms with Gasteiger partial charge in [-0.3, -0.25) is 4.79 Å². The standard InChI is InChI=1S/C28H42O6/c1-17(26-31-12-13-32-26)22-8-9-23-21-7-6-19-14-20(33-16-30-5)15-25(34-18(2)29)28(19,4)24(21)10-11-27(22,23)3/h6-7,17,20,22-26H,8-16H2,1-5H3/t17?,20-,22-,23+,24+,25+,27-,28+/m1/s1. The van der Waals surface area contributed by atoms with E-state index in [2.05, 4.69) is 32.9 Å². The smallest absolute Gasteiger partial charge is 0.302 e. The van der Waals surface area contributed by atoms with Gasteiger partial charge in [-0.25, -0.2) is 0 Å². The molecule has 0 amide bonds. The molecule has 6 heteroatoms. The van der Waals surface area contributed by atoms with Gasteiger partial charge in [-0.15, -0.1) is 0 Å². The summed E-state index contributed by atoms with van der Waals surface area (Å²) in [4.78, 5) is 12.1. The van der Waals surface area contributed by atoms with Crippen LogP contribution in [0, 0.1) is 34.5 Å². The molecular formula is C28H42O6. The molecule has 5 rings (SSSR count). The third-order valence-electron chi connectivity index (χ3n) is 10.1. The van der Waals surface area contributed by atoms with Crippen molar-refractivity contribution in [3.63, 3.8) is 0 Å². The number of rotatable bonds is 6. The topological polar surface area (TPSA) is 63.2 Å². The van der Waals surface area contributed by atoms with Gasteiger partial charge in [0.05, 0.1) is 19.3 Å². The van der Waals surface area contributed by atoms with E-state index in [9.17, 15) is 4.79 Å². The zero-order valence-electron chi connectivity index (χ0n) is 21.5. The third kappa shape index (κ3) is 3.89. The molecule has 0 radical (unpaired) electrons. The minimum absolute atomic E-state index is 0.00977. The lowest BCUT2D eigenvalue weighted by molar-refractivity contribution is -0.166. The number of carbonyl (C=O) groups is 1. The Labute approximate surface area is 204 Å². The Kier molecular flexibility index (Phi) is 6.73. The summed E-state index contributed by atoms with van der Waals surface area (Å²) in [6.45, 7) is 10.4. The molecule has 8 atom stereocenters. The molecule has 34 heavy (non-hydrogen) atoms. The molecular weight excluding hydrogens is 432 g/mol. The van der Waals surface area contributed by atoms with Crippen LogP contribution in [0.25, 0.3) is 0 Å². The summed E-state index contributed by atoms with van der Waals surface area (Å²) < 4.78 is 29.0. The molecule has 0 aromatic carbocycles. The predicted molar refractivity (Wildman–Crippen MR) is 128 cm³/mol. The lowest BCUT2D eigenvalue weighted by atomic mass is 9.49. The number of hydrogen-bond donors (Lipinski definition) is 0. The zero-order chi connectivity index (χ0) is 24.1. The number of hydrogen-bond acceptors (Lipinski definition) is 6. The van der Waals surface area contributed by atoms with E-state index in [4.69, 9.17) is 23.7 Å². The summed E-state index contributed by atoms with van der Waals surface area (Å²) >= 11 is 0. The Bertz CT molecular complexity index is 844. The molecule has 5 aliphatic rings. The maximum Gasteiger partial charge on any atom is 0.302 e. The van der Waals surface area contributed by atoms with Gasteiger partial charge in [-0.1, -0.05) is 44.1 Å². The Morgan fingerprint density at radius 3 is 2.62 bits per heavy atom. The van der Waals surface area contributed by atoms with Crippen molar-refractivity contribution in [3.05, 3.63) is 23.3 Å². The number of esters is 1. The van der Waals surface area contributed by atoms with E-state index in [1.54, 1.807) is 12.7 Å². The lowest BCUT2D eigenvalue weighted by Crippen LogP contribution is -2.54. The molecule has 1 unspecified atom stereocenters. The Hall–Kier alpha value is -1.21. The Morgan fingerprint density at radius 2 is 1.91 bits per heavy atom. The Balaban J connectivity index is 1.44. The average Bonchev–Trinajstić information content (AvgIpc) is 3.45. The number of carbonyl (C=O) groups excluding carboxylic acids is 1. The highest BCUT2D eigenvalue weighted by molar-refractivity contribution is 5.66. The van der Waals surface area contributed by atoms with Gasteiger partial charge in [0.15, 0.2) is 6.29 Å². The third-order valence-corrected chi connectivity index (χ3v) is 10.1. The van der Waals surface area contributed by atoms with E-state index in [0.29, 0.717) is 36.9 Å². The fraction of sp³-hybridized carbons (Fsp3) is 0.821. The second-order valence-corrected chi connectivity index (χ2v) is 11.7. The van der Waals surface area contributed by atoms with Crippen LogP contribution in [0.2, 0.25) is 0 Å². The maximum absolute atomic E-state index is 12.1. The molecule has 0 aromatic rings. The lowest BCUT2D eigenvalue weighted by Gasteiger charge is -2.57. The molecule has 0 bridgehead atoms. The van der Waals surface area contributed by atoms with Crippen molar-refractivity contribution in [2.75, 3.05) is 27.1 Å². The number of methoxy groups -OCH3 is 1. The number of ether oxygens (including phenoxy) is 5. The SMILES string of the molecule is COCO[C@@H]1CC2=CC=C3[C@@H]4CC[C@H](C(C)C5OCCO5)[C@@]4(C)CC[C@@H]3[C@@]2(C)[C@@H](OC(C)=O)C1. The first-order valence-corrected chi connectivity index (χ1v) is 13.2. The minimum Gasteiger partial charge on any atom is -0.462 e. The van der Waals surface area contributed by atoms with Crippen LogP contribution < -0.4 is 0 Å². The second-order valence-electron chi connectivity index (χ2n) is 11.7. The van der Waals surface area contributed by atoms with Crippen molar-refractivity contribution in [3.8, 4) is 0 Å². The van der Waals surface area contributed by atoms with Crippen LogP contribution in [0.3, 0.4) is 0 Å². The molecule has 4 fully saturated rings. The predicted octanol–water partition coefficient (Wildman–Crippen LogP) is 5.03. The van der Waals surface area contributed by atoms with Crippen LogP contribution in [-0.4, -0.2) is 51.6 Å². The summed E-state index contributed by atoms with van der Waals surface area (Å²) in [6.07, 6.45) is 10.9. The largest absolute Gasteiger partial charge is 0.462 e. The van der Waals surface area contributed by atoms with Crippen molar-refractivity contribution in [1.82, 2.24) is 0 Å². The van der Waals surface area contributed by atoms with Gasteiger partial charge in [0.25, 0.3) is 0 Å².